The summed E-state index contributed by atoms with van der Waals surface area (Å²) in [6.45, 7) is 1.89. The Kier molecular flexibility index (Phi) is 4.58. The quantitative estimate of drug-likeness (QED) is 0.613. The molecule has 0 spiro atoms. The fraction of sp³-hybridized carbons (Fsp3) is 0.409. The fourth-order valence-corrected chi connectivity index (χ4v) is 4.74. The molecule has 4 N–H and O–H groups in total. The van der Waals surface area contributed by atoms with Crippen molar-refractivity contribution in [1.82, 2.24) is 25.3 Å². The van der Waals surface area contributed by atoms with E-state index in [1.165, 1.54) is 12.8 Å². The number of aromatic nitrogens is 4. The molecule has 156 valence electrons. The Hall–Kier alpha value is -3.13. The number of phenols is 1. The van der Waals surface area contributed by atoms with Crippen molar-refractivity contribution in [3.8, 4) is 22.7 Å². The molecule has 8 nitrogen and oxygen atoms in total. The monoisotopic (exact) mass is 405 g/mol. The number of nitrogens with two attached hydrogens (primary N) is 1. The minimum absolute atomic E-state index is 0.131. The highest BCUT2D eigenvalue weighted by Crippen LogP contribution is 2.33. The number of fused-ring (bicyclic) bond motifs is 2. The Labute approximate surface area is 175 Å². The zero-order valence-corrected chi connectivity index (χ0v) is 17.3. The predicted octanol–water partition coefficient (Wildman–Crippen LogP) is 2.64. The highest BCUT2D eigenvalue weighted by Gasteiger charge is 2.35. The Bertz CT molecular complexity index is 1050. The van der Waals surface area contributed by atoms with E-state index in [1.54, 1.807) is 16.9 Å². The fourth-order valence-electron chi connectivity index (χ4n) is 4.74. The molecule has 0 aliphatic carbocycles. The number of aromatic hydroxyl groups is 1. The predicted molar refractivity (Wildman–Crippen MR) is 117 cm³/mol. The number of benzene rings is 1. The summed E-state index contributed by atoms with van der Waals surface area (Å²) >= 11 is 0. The largest absolute Gasteiger partial charge is 0.507 e. The molecule has 1 aromatic carbocycles. The van der Waals surface area contributed by atoms with Crippen LogP contribution in [-0.2, 0) is 0 Å². The molecule has 2 saturated heterocycles. The molecule has 2 aliphatic heterocycles. The maximum atomic E-state index is 10.6. The minimum Gasteiger partial charge on any atom is -0.507 e. The molecule has 4 heterocycles. The number of hydrogen-bond acceptors (Lipinski definition) is 7. The Morgan fingerprint density at radius 1 is 1.13 bits per heavy atom. The summed E-state index contributed by atoms with van der Waals surface area (Å²) in [6.07, 6.45) is 6.46. The first-order chi connectivity index (χ1) is 14.5. The number of nitrogens with one attached hydrogen (secondary N) is 1. The molecule has 8 heteroatoms. The van der Waals surface area contributed by atoms with Crippen LogP contribution in [0.2, 0.25) is 0 Å². The van der Waals surface area contributed by atoms with E-state index in [0.29, 0.717) is 35.1 Å². The van der Waals surface area contributed by atoms with Gasteiger partial charge in [0.15, 0.2) is 5.82 Å². The first-order valence-corrected chi connectivity index (χ1v) is 10.5. The number of hydrogen-bond donors (Lipinski definition) is 3. The van der Waals surface area contributed by atoms with Gasteiger partial charge in [0, 0.05) is 36.8 Å². The van der Waals surface area contributed by atoms with Gasteiger partial charge < -0.3 is 21.1 Å². The van der Waals surface area contributed by atoms with Gasteiger partial charge in [-0.3, -0.25) is 0 Å². The Morgan fingerprint density at radius 3 is 2.50 bits per heavy atom. The lowest BCUT2D eigenvalue weighted by molar-refractivity contribution is 0.353. The van der Waals surface area contributed by atoms with Crippen molar-refractivity contribution in [3.63, 3.8) is 0 Å². The van der Waals surface area contributed by atoms with Crippen LogP contribution in [0.4, 0.5) is 11.5 Å². The summed E-state index contributed by atoms with van der Waals surface area (Å²) in [5.74, 6) is 0.995. The average Bonchev–Trinajstić information content (AvgIpc) is 3.28. The molecule has 0 saturated carbocycles. The van der Waals surface area contributed by atoms with Gasteiger partial charge in [-0.1, -0.05) is 0 Å². The van der Waals surface area contributed by atoms with Crippen LogP contribution >= 0.6 is 0 Å². The van der Waals surface area contributed by atoms with Crippen molar-refractivity contribution < 1.29 is 5.11 Å². The number of nitrogens with zero attached hydrogens (tertiary/aromatic N) is 5. The number of phenolic OH excluding ortho intramolecular Hbond substituents is 1. The van der Waals surface area contributed by atoms with Crippen LogP contribution < -0.4 is 16.0 Å². The minimum atomic E-state index is 0.131. The highest BCUT2D eigenvalue weighted by molar-refractivity contribution is 5.69. The molecule has 5 rings (SSSR count). The van der Waals surface area contributed by atoms with E-state index in [4.69, 9.17) is 5.73 Å². The van der Waals surface area contributed by atoms with Crippen LogP contribution in [-0.4, -0.2) is 50.3 Å². The second-order valence-corrected chi connectivity index (χ2v) is 8.45. The van der Waals surface area contributed by atoms with Crippen LogP contribution in [0.5, 0.6) is 5.75 Å². The second kappa shape index (κ2) is 7.28. The zero-order valence-electron chi connectivity index (χ0n) is 17.3. The Balaban J connectivity index is 1.36. The van der Waals surface area contributed by atoms with E-state index in [1.807, 2.05) is 31.2 Å². The van der Waals surface area contributed by atoms with Gasteiger partial charge in [0.05, 0.1) is 29.0 Å². The molecule has 2 aliphatic rings. The maximum Gasteiger partial charge on any atom is 0.151 e. The molecule has 2 bridgehead atoms. The van der Waals surface area contributed by atoms with Crippen molar-refractivity contribution in [3.05, 3.63) is 42.2 Å². The van der Waals surface area contributed by atoms with Gasteiger partial charge in [0.25, 0.3) is 0 Å². The summed E-state index contributed by atoms with van der Waals surface area (Å²) in [6, 6.07) is 11.0. The summed E-state index contributed by atoms with van der Waals surface area (Å²) in [5, 5.41) is 27.4. The van der Waals surface area contributed by atoms with Gasteiger partial charge in [0.1, 0.15) is 5.75 Å². The summed E-state index contributed by atoms with van der Waals surface area (Å²) in [7, 11) is 2.10. The van der Waals surface area contributed by atoms with Crippen LogP contribution in [0, 0.1) is 6.92 Å². The molecule has 0 radical (unpaired) electrons. The summed E-state index contributed by atoms with van der Waals surface area (Å²) in [5.41, 5.74) is 9.35. The smallest absolute Gasteiger partial charge is 0.151 e. The van der Waals surface area contributed by atoms with Gasteiger partial charge in [-0.05, 0) is 56.9 Å². The SMILES string of the molecule is Cc1c(N)cnn1-c1ccc(-c2ccc(N(C)C3C[C@H]4CC[C@@H](C3)N4)nn2)c(O)c1. The van der Waals surface area contributed by atoms with Gasteiger partial charge in [-0.15, -0.1) is 10.2 Å². The van der Waals surface area contributed by atoms with E-state index < -0.39 is 0 Å². The van der Waals surface area contributed by atoms with Gasteiger partial charge in [0.2, 0.25) is 0 Å². The third-order valence-electron chi connectivity index (χ3n) is 6.56. The highest BCUT2D eigenvalue weighted by atomic mass is 16.3. The number of nitrogen functional groups attached to an aromatic ring is 1. The first-order valence-electron chi connectivity index (χ1n) is 10.5. The standard InChI is InChI=1S/C22H27N7O/c1-13-19(23)12-24-29(13)16-5-6-18(21(30)11-16)20-7-8-22(27-26-20)28(2)17-9-14-3-4-15(10-17)25-14/h5-8,11-12,14-15,17,25,30H,3-4,9-10,23H2,1-2H3/t14-,15+,17?. The van der Waals surface area contributed by atoms with Crippen LogP contribution in [0.1, 0.15) is 31.4 Å². The summed E-state index contributed by atoms with van der Waals surface area (Å²) in [4.78, 5) is 2.25. The number of rotatable bonds is 4. The molecular formula is C22H27N7O. The van der Waals surface area contributed by atoms with Crippen molar-refractivity contribution in [2.45, 2.75) is 50.7 Å². The van der Waals surface area contributed by atoms with Crippen molar-refractivity contribution >= 4 is 11.5 Å². The van der Waals surface area contributed by atoms with Gasteiger partial charge >= 0.3 is 0 Å². The average molecular weight is 406 g/mol. The normalized spacial score (nSPS) is 22.9. The number of anilines is 2. The van der Waals surface area contributed by atoms with Crippen molar-refractivity contribution in [2.75, 3.05) is 17.7 Å². The molecule has 0 amide bonds. The van der Waals surface area contributed by atoms with Gasteiger partial charge in [-0.2, -0.15) is 5.10 Å². The first kappa shape index (κ1) is 18.9. The molecule has 1 unspecified atom stereocenters. The Morgan fingerprint density at radius 2 is 1.90 bits per heavy atom. The van der Waals surface area contributed by atoms with Crippen molar-refractivity contribution in [2.24, 2.45) is 0 Å². The number of piperidine rings is 1. The van der Waals surface area contributed by atoms with Gasteiger partial charge in [-0.25, -0.2) is 4.68 Å². The van der Waals surface area contributed by atoms with E-state index in [0.717, 1.165) is 30.0 Å². The molecule has 2 fully saturated rings. The molecule has 3 atom stereocenters. The summed E-state index contributed by atoms with van der Waals surface area (Å²) < 4.78 is 1.70. The van der Waals surface area contributed by atoms with Crippen LogP contribution in [0.3, 0.4) is 0 Å². The third-order valence-corrected chi connectivity index (χ3v) is 6.56. The van der Waals surface area contributed by atoms with Crippen LogP contribution in [0.25, 0.3) is 16.9 Å². The second-order valence-electron chi connectivity index (χ2n) is 8.45. The lowest BCUT2D eigenvalue weighted by atomic mass is 9.98. The topological polar surface area (TPSA) is 105 Å². The molecule has 2 aromatic heterocycles. The van der Waals surface area contributed by atoms with E-state index in [-0.39, 0.29) is 5.75 Å². The third kappa shape index (κ3) is 3.27. The van der Waals surface area contributed by atoms with E-state index in [2.05, 4.69) is 32.6 Å². The van der Waals surface area contributed by atoms with E-state index >= 15 is 0 Å². The maximum absolute atomic E-state index is 10.6. The molecule has 30 heavy (non-hydrogen) atoms. The van der Waals surface area contributed by atoms with Crippen LogP contribution in [0.15, 0.2) is 36.5 Å². The lowest BCUT2D eigenvalue weighted by Crippen LogP contribution is -2.47. The molecular weight excluding hydrogens is 378 g/mol. The zero-order chi connectivity index (χ0) is 20.8. The molecule has 3 aromatic rings. The lowest BCUT2D eigenvalue weighted by Gasteiger charge is -2.36. The van der Waals surface area contributed by atoms with Crippen molar-refractivity contribution in [1.29, 1.82) is 0 Å². The van der Waals surface area contributed by atoms with E-state index in [9.17, 15) is 5.11 Å².